The first-order valence-electron chi connectivity index (χ1n) is 3.90. The quantitative estimate of drug-likeness (QED) is 0.369. The lowest BCUT2D eigenvalue weighted by atomic mass is 10.3. The molecular weight excluding hydrogens is 142 g/mol. The number of hydrogen-bond donors (Lipinski definition) is 1. The third kappa shape index (κ3) is 2.17. The van der Waals surface area contributed by atoms with Gasteiger partial charge in [-0.2, -0.15) is 5.84 Å². The third-order valence-corrected chi connectivity index (χ3v) is 2.21. The van der Waals surface area contributed by atoms with E-state index in [2.05, 4.69) is 0 Å². The third-order valence-electron chi connectivity index (χ3n) is 2.21. The van der Waals surface area contributed by atoms with Crippen LogP contribution in [-0.4, -0.2) is 48.6 Å². The average molecular weight is 158 g/mol. The highest BCUT2D eigenvalue weighted by Gasteiger charge is 2.26. The van der Waals surface area contributed by atoms with Gasteiger partial charge in [0.05, 0.1) is 20.1 Å². The molecule has 0 aromatic carbocycles. The summed E-state index contributed by atoms with van der Waals surface area (Å²) in [6.45, 7) is 4.91. The Morgan fingerprint density at radius 2 is 1.91 bits per heavy atom. The molecule has 0 radical (unpaired) electrons. The number of quaternary nitrogens is 1. The van der Waals surface area contributed by atoms with Crippen molar-refractivity contribution in [3.63, 3.8) is 0 Å². The van der Waals surface area contributed by atoms with Gasteiger partial charge in [0.25, 0.3) is 0 Å². The SMILES string of the molecule is CC(=O)N1CC[N+](C)(N)CC1. The monoisotopic (exact) mass is 158 g/mol. The molecule has 1 amide bonds. The zero-order valence-corrected chi connectivity index (χ0v) is 7.21. The Labute approximate surface area is 67.1 Å². The fourth-order valence-electron chi connectivity index (χ4n) is 1.24. The summed E-state index contributed by atoms with van der Waals surface area (Å²) >= 11 is 0. The molecule has 1 fully saturated rings. The highest BCUT2D eigenvalue weighted by molar-refractivity contribution is 5.73. The lowest BCUT2D eigenvalue weighted by Crippen LogP contribution is -2.61. The lowest BCUT2D eigenvalue weighted by molar-refractivity contribution is -0.924. The van der Waals surface area contributed by atoms with E-state index in [1.807, 2.05) is 11.9 Å². The Morgan fingerprint density at radius 1 is 1.45 bits per heavy atom. The summed E-state index contributed by atoms with van der Waals surface area (Å²) in [6, 6.07) is 0. The maximum atomic E-state index is 10.9. The van der Waals surface area contributed by atoms with Gasteiger partial charge in [-0.1, -0.05) is 0 Å². The predicted molar refractivity (Wildman–Crippen MR) is 42.4 cm³/mol. The fraction of sp³-hybridized carbons (Fsp3) is 0.857. The van der Waals surface area contributed by atoms with E-state index in [4.69, 9.17) is 5.84 Å². The number of hydrogen-bond acceptors (Lipinski definition) is 2. The van der Waals surface area contributed by atoms with Gasteiger partial charge >= 0.3 is 0 Å². The van der Waals surface area contributed by atoms with Crippen LogP contribution in [0.25, 0.3) is 0 Å². The van der Waals surface area contributed by atoms with Crippen LogP contribution in [0, 0.1) is 0 Å². The molecule has 1 aliphatic rings. The molecular formula is C7H16N3O+. The number of carbonyl (C=O) groups is 1. The minimum atomic E-state index is 0.157. The number of amides is 1. The number of piperazine rings is 1. The van der Waals surface area contributed by atoms with Crippen LogP contribution >= 0.6 is 0 Å². The van der Waals surface area contributed by atoms with Crippen molar-refractivity contribution in [3.05, 3.63) is 0 Å². The first-order valence-corrected chi connectivity index (χ1v) is 3.90. The second-order valence-electron chi connectivity index (χ2n) is 3.43. The van der Waals surface area contributed by atoms with Crippen LogP contribution in [0.2, 0.25) is 0 Å². The molecule has 2 N–H and O–H groups in total. The van der Waals surface area contributed by atoms with Gasteiger partial charge in [0, 0.05) is 6.92 Å². The first-order chi connectivity index (χ1) is 5.01. The molecule has 4 heteroatoms. The summed E-state index contributed by atoms with van der Waals surface area (Å²) in [6.07, 6.45) is 0. The number of nitrogens with two attached hydrogens (primary N) is 1. The van der Waals surface area contributed by atoms with Crippen molar-refractivity contribution in [2.75, 3.05) is 33.2 Å². The largest absolute Gasteiger partial charge is 0.331 e. The van der Waals surface area contributed by atoms with E-state index < -0.39 is 0 Å². The Morgan fingerprint density at radius 3 is 2.27 bits per heavy atom. The van der Waals surface area contributed by atoms with E-state index >= 15 is 0 Å². The van der Waals surface area contributed by atoms with Crippen molar-refractivity contribution < 1.29 is 9.39 Å². The Balaban J connectivity index is 2.42. The van der Waals surface area contributed by atoms with Crippen molar-refractivity contribution in [1.29, 1.82) is 0 Å². The molecule has 0 aliphatic carbocycles. The van der Waals surface area contributed by atoms with E-state index in [0.717, 1.165) is 26.2 Å². The van der Waals surface area contributed by atoms with Crippen molar-refractivity contribution >= 4 is 5.91 Å². The van der Waals surface area contributed by atoms with Gasteiger partial charge in [0.1, 0.15) is 13.1 Å². The second kappa shape index (κ2) is 2.79. The molecule has 11 heavy (non-hydrogen) atoms. The molecule has 0 saturated carbocycles. The van der Waals surface area contributed by atoms with Crippen molar-refractivity contribution in [2.24, 2.45) is 5.84 Å². The summed E-state index contributed by atoms with van der Waals surface area (Å²) < 4.78 is 0.545. The first kappa shape index (κ1) is 8.49. The Kier molecular flexibility index (Phi) is 2.15. The molecule has 64 valence electrons. The highest BCUT2D eigenvalue weighted by atomic mass is 16.2. The van der Waals surface area contributed by atoms with E-state index in [9.17, 15) is 4.79 Å². The molecule has 0 spiro atoms. The number of nitrogens with zero attached hydrogens (tertiary/aromatic N) is 2. The van der Waals surface area contributed by atoms with E-state index in [-0.39, 0.29) is 5.91 Å². The van der Waals surface area contributed by atoms with Crippen LogP contribution < -0.4 is 5.84 Å². The van der Waals surface area contributed by atoms with Crippen LogP contribution in [0.5, 0.6) is 0 Å². The minimum Gasteiger partial charge on any atom is -0.331 e. The maximum Gasteiger partial charge on any atom is 0.219 e. The van der Waals surface area contributed by atoms with Crippen LogP contribution in [0.1, 0.15) is 6.92 Å². The zero-order valence-electron chi connectivity index (χ0n) is 7.21. The van der Waals surface area contributed by atoms with Crippen LogP contribution in [0.4, 0.5) is 0 Å². The smallest absolute Gasteiger partial charge is 0.219 e. The van der Waals surface area contributed by atoms with E-state index in [1.54, 1.807) is 6.92 Å². The molecule has 0 bridgehead atoms. The summed E-state index contributed by atoms with van der Waals surface area (Å²) in [4.78, 5) is 12.7. The standard InChI is InChI=1S/C7H16N3O/c1-7(11)9-3-5-10(2,8)6-4-9/h3-6,8H2,1-2H3/q+1. The molecule has 1 heterocycles. The number of carbonyl (C=O) groups excluding carboxylic acids is 1. The topological polar surface area (TPSA) is 46.3 Å². The normalized spacial score (nSPS) is 23.4. The van der Waals surface area contributed by atoms with Crippen LogP contribution in [-0.2, 0) is 4.79 Å². The summed E-state index contributed by atoms with van der Waals surface area (Å²) in [5.74, 6) is 6.00. The molecule has 0 unspecified atom stereocenters. The Bertz CT molecular complexity index is 157. The second-order valence-corrected chi connectivity index (χ2v) is 3.43. The molecule has 0 aromatic rings. The summed E-state index contributed by atoms with van der Waals surface area (Å²) in [5, 5.41) is 0. The molecule has 0 aromatic heterocycles. The minimum absolute atomic E-state index is 0.157. The van der Waals surface area contributed by atoms with Gasteiger partial charge < -0.3 is 4.90 Å². The molecule has 1 rings (SSSR count). The van der Waals surface area contributed by atoms with Gasteiger partial charge in [0.15, 0.2) is 0 Å². The average Bonchev–Trinajstić information content (AvgIpc) is 1.86. The van der Waals surface area contributed by atoms with E-state index in [0.29, 0.717) is 4.59 Å². The molecule has 0 atom stereocenters. The number of rotatable bonds is 0. The van der Waals surface area contributed by atoms with Crippen molar-refractivity contribution in [2.45, 2.75) is 6.92 Å². The van der Waals surface area contributed by atoms with Crippen molar-refractivity contribution in [3.8, 4) is 0 Å². The zero-order chi connectivity index (χ0) is 8.48. The van der Waals surface area contributed by atoms with Gasteiger partial charge in [-0.25, -0.2) is 4.59 Å². The van der Waals surface area contributed by atoms with Gasteiger partial charge in [-0.15, -0.1) is 0 Å². The lowest BCUT2D eigenvalue weighted by Gasteiger charge is -2.37. The summed E-state index contributed by atoms with van der Waals surface area (Å²) in [7, 11) is 1.98. The van der Waals surface area contributed by atoms with Crippen LogP contribution in [0.15, 0.2) is 0 Å². The molecule has 1 aliphatic heterocycles. The van der Waals surface area contributed by atoms with Crippen molar-refractivity contribution in [1.82, 2.24) is 4.90 Å². The Hall–Kier alpha value is -0.610. The fourth-order valence-corrected chi connectivity index (χ4v) is 1.24. The summed E-state index contributed by atoms with van der Waals surface area (Å²) in [5.41, 5.74) is 0. The predicted octanol–water partition coefficient (Wildman–Crippen LogP) is -0.831. The highest BCUT2D eigenvalue weighted by Crippen LogP contribution is 2.03. The van der Waals surface area contributed by atoms with Gasteiger partial charge in [-0.3, -0.25) is 4.79 Å². The van der Waals surface area contributed by atoms with Gasteiger partial charge in [0.2, 0.25) is 5.91 Å². The molecule has 1 saturated heterocycles. The maximum absolute atomic E-state index is 10.9. The number of likely N-dealkylation sites (N-methyl/N-ethyl adjacent to an activating group) is 1. The van der Waals surface area contributed by atoms with Crippen LogP contribution in [0.3, 0.4) is 0 Å². The van der Waals surface area contributed by atoms with Gasteiger partial charge in [-0.05, 0) is 0 Å². The molecule has 4 nitrogen and oxygen atoms in total. The van der Waals surface area contributed by atoms with E-state index in [1.165, 1.54) is 0 Å².